The van der Waals surface area contributed by atoms with Gasteiger partial charge in [-0.25, -0.2) is 4.79 Å². The number of amides is 1. The van der Waals surface area contributed by atoms with Crippen molar-refractivity contribution in [3.63, 3.8) is 0 Å². The van der Waals surface area contributed by atoms with Crippen molar-refractivity contribution in [3.05, 3.63) is 95.1 Å². The number of carboxylic acid groups (broad SMARTS) is 1. The van der Waals surface area contributed by atoms with Gasteiger partial charge in [0.2, 0.25) is 0 Å². The smallest absolute Gasteiger partial charge is 0.326 e. The third-order valence-corrected chi connectivity index (χ3v) is 8.43. The highest BCUT2D eigenvalue weighted by Crippen LogP contribution is 2.32. The predicted molar refractivity (Wildman–Crippen MR) is 163 cm³/mol. The summed E-state index contributed by atoms with van der Waals surface area (Å²) in [5, 5.41) is 12.5. The number of nitrogens with one attached hydrogen (secondary N) is 1. The minimum atomic E-state index is -1.01. The van der Waals surface area contributed by atoms with E-state index in [1.165, 1.54) is 5.56 Å². The fourth-order valence-electron chi connectivity index (χ4n) is 5.68. The monoisotopic (exact) mass is 560 g/mol. The molecule has 1 fully saturated rings. The summed E-state index contributed by atoms with van der Waals surface area (Å²) in [6, 6.07) is 24.4. The van der Waals surface area contributed by atoms with Crippen LogP contribution < -0.4 is 5.32 Å². The number of methoxy groups -OCH3 is 1. The number of aliphatic carboxylic acids is 1. The van der Waals surface area contributed by atoms with Crippen LogP contribution in [-0.4, -0.2) is 65.7 Å². The molecule has 1 aliphatic rings. The number of hydrogen-bond acceptors (Lipinski definition) is 5. The van der Waals surface area contributed by atoms with E-state index in [-0.39, 0.29) is 5.91 Å². The van der Waals surface area contributed by atoms with E-state index in [2.05, 4.69) is 46.6 Å². The largest absolute Gasteiger partial charge is 0.480 e. The normalized spacial score (nSPS) is 18.0. The molecule has 0 spiro atoms. The molecule has 1 aliphatic heterocycles. The number of carbonyl (C=O) groups excluding carboxylic acids is 1. The Balaban J connectivity index is 1.65. The van der Waals surface area contributed by atoms with E-state index in [0.717, 1.165) is 48.1 Å². The summed E-state index contributed by atoms with van der Waals surface area (Å²) in [7, 11) is 1.76. The van der Waals surface area contributed by atoms with Gasteiger partial charge in [-0.3, -0.25) is 9.69 Å². The Kier molecular flexibility index (Phi) is 10.8. The maximum absolute atomic E-state index is 13.5. The average Bonchev–Trinajstić information content (AvgIpc) is 3.32. The molecule has 2 N–H and O–H groups in total. The van der Waals surface area contributed by atoms with Gasteiger partial charge in [-0.2, -0.15) is 11.8 Å². The van der Waals surface area contributed by atoms with E-state index in [1.807, 2.05) is 49.6 Å². The molecule has 0 bridgehead atoms. The summed E-state index contributed by atoms with van der Waals surface area (Å²) in [5.41, 5.74) is 5.80. The molecule has 6 nitrogen and oxygen atoms in total. The number of carboxylic acids is 1. The zero-order chi connectivity index (χ0) is 28.5. The molecule has 3 aromatic carbocycles. The second-order valence-corrected chi connectivity index (χ2v) is 11.5. The molecule has 4 rings (SSSR count). The first-order valence-corrected chi connectivity index (χ1v) is 15.3. The Morgan fingerprint density at radius 1 is 1.00 bits per heavy atom. The van der Waals surface area contributed by atoms with Gasteiger partial charge in [-0.15, -0.1) is 0 Å². The summed E-state index contributed by atoms with van der Waals surface area (Å²) in [6.45, 7) is 3.47. The summed E-state index contributed by atoms with van der Waals surface area (Å²) < 4.78 is 5.59. The van der Waals surface area contributed by atoms with Crippen molar-refractivity contribution < 1.29 is 19.4 Å². The van der Waals surface area contributed by atoms with Crippen LogP contribution in [0.3, 0.4) is 0 Å². The van der Waals surface area contributed by atoms with Crippen LogP contribution in [0.5, 0.6) is 0 Å². The first-order valence-electron chi connectivity index (χ1n) is 13.9. The zero-order valence-electron chi connectivity index (χ0n) is 23.6. The Labute approximate surface area is 242 Å². The number of ether oxygens (including phenoxy) is 1. The van der Waals surface area contributed by atoms with E-state index < -0.39 is 12.0 Å². The minimum Gasteiger partial charge on any atom is -0.480 e. The third-order valence-electron chi connectivity index (χ3n) is 7.79. The van der Waals surface area contributed by atoms with E-state index in [9.17, 15) is 14.7 Å². The van der Waals surface area contributed by atoms with Crippen LogP contribution in [0.4, 0.5) is 0 Å². The average molecular weight is 561 g/mol. The number of likely N-dealkylation sites (tertiary alicyclic amines) is 1. The fourth-order valence-corrected chi connectivity index (χ4v) is 6.15. The van der Waals surface area contributed by atoms with Gasteiger partial charge in [-0.1, -0.05) is 60.7 Å². The van der Waals surface area contributed by atoms with Gasteiger partial charge in [-0.05, 0) is 84.6 Å². The molecule has 0 radical (unpaired) electrons. The van der Waals surface area contributed by atoms with Crippen molar-refractivity contribution >= 4 is 23.6 Å². The lowest BCUT2D eigenvalue weighted by Gasteiger charge is -2.30. The van der Waals surface area contributed by atoms with Gasteiger partial charge in [0.1, 0.15) is 6.04 Å². The molecule has 0 unspecified atom stereocenters. The lowest BCUT2D eigenvalue weighted by atomic mass is 9.93. The first kappa shape index (κ1) is 29.8. The van der Waals surface area contributed by atoms with Crippen molar-refractivity contribution in [2.24, 2.45) is 0 Å². The van der Waals surface area contributed by atoms with E-state index in [0.29, 0.717) is 36.4 Å². The van der Waals surface area contributed by atoms with Crippen molar-refractivity contribution in [3.8, 4) is 11.1 Å². The summed E-state index contributed by atoms with van der Waals surface area (Å²) in [6.07, 6.45) is 5.49. The molecule has 212 valence electrons. The Bertz CT molecular complexity index is 1280. The maximum Gasteiger partial charge on any atom is 0.326 e. The molecule has 7 heteroatoms. The number of rotatable bonds is 13. The quantitative estimate of drug-likeness (QED) is 0.274. The predicted octanol–water partition coefficient (Wildman–Crippen LogP) is 5.82. The number of benzene rings is 3. The van der Waals surface area contributed by atoms with Gasteiger partial charge in [0, 0.05) is 31.3 Å². The van der Waals surface area contributed by atoms with Gasteiger partial charge < -0.3 is 15.2 Å². The molecular formula is C33H40N2O4S. The molecule has 40 heavy (non-hydrogen) atoms. The summed E-state index contributed by atoms with van der Waals surface area (Å²) >= 11 is 1.56. The van der Waals surface area contributed by atoms with Crippen LogP contribution in [-0.2, 0) is 22.5 Å². The lowest BCUT2D eigenvalue weighted by molar-refractivity contribution is -0.139. The molecule has 3 aromatic rings. The molecule has 1 heterocycles. The topological polar surface area (TPSA) is 78.9 Å². The molecule has 0 aliphatic carbocycles. The van der Waals surface area contributed by atoms with Gasteiger partial charge in [0.05, 0.1) is 6.61 Å². The fraction of sp³-hybridized carbons (Fsp3) is 0.394. The van der Waals surface area contributed by atoms with E-state index in [1.54, 1.807) is 18.9 Å². The van der Waals surface area contributed by atoms with Crippen molar-refractivity contribution in [1.29, 1.82) is 0 Å². The molecule has 3 atom stereocenters. The first-order chi connectivity index (χ1) is 19.4. The van der Waals surface area contributed by atoms with Crippen LogP contribution in [0.15, 0.2) is 72.8 Å². The van der Waals surface area contributed by atoms with E-state index in [4.69, 9.17) is 4.74 Å². The highest BCUT2D eigenvalue weighted by atomic mass is 32.2. The Hall–Kier alpha value is -3.13. The maximum atomic E-state index is 13.5. The number of thioether (sulfide) groups is 1. The van der Waals surface area contributed by atoms with E-state index >= 15 is 0 Å². The van der Waals surface area contributed by atoms with Crippen LogP contribution in [0.1, 0.15) is 46.3 Å². The lowest BCUT2D eigenvalue weighted by Crippen LogP contribution is -2.41. The Morgan fingerprint density at radius 3 is 2.42 bits per heavy atom. The van der Waals surface area contributed by atoms with Gasteiger partial charge >= 0.3 is 5.97 Å². The van der Waals surface area contributed by atoms with Crippen molar-refractivity contribution in [2.45, 2.75) is 57.3 Å². The summed E-state index contributed by atoms with van der Waals surface area (Å²) in [5.74, 6) is -0.721. The number of nitrogens with zero attached hydrogens (tertiary/aromatic N) is 1. The second kappa shape index (κ2) is 14.5. The van der Waals surface area contributed by atoms with Gasteiger partial charge in [0.25, 0.3) is 5.91 Å². The van der Waals surface area contributed by atoms with Gasteiger partial charge in [0.15, 0.2) is 0 Å². The highest BCUT2D eigenvalue weighted by Gasteiger charge is 2.33. The Morgan fingerprint density at radius 2 is 1.73 bits per heavy atom. The highest BCUT2D eigenvalue weighted by molar-refractivity contribution is 7.98. The second-order valence-electron chi connectivity index (χ2n) is 10.5. The molecule has 0 saturated carbocycles. The molecule has 0 aromatic heterocycles. The van der Waals surface area contributed by atoms with Crippen molar-refractivity contribution in [2.75, 3.05) is 25.7 Å². The zero-order valence-corrected chi connectivity index (χ0v) is 24.5. The third kappa shape index (κ3) is 7.53. The minimum absolute atomic E-state index is 0.330. The van der Waals surface area contributed by atoms with Crippen LogP contribution >= 0.6 is 11.8 Å². The van der Waals surface area contributed by atoms with Crippen LogP contribution in [0.2, 0.25) is 0 Å². The number of carbonyl (C=O) groups is 2. The summed E-state index contributed by atoms with van der Waals surface area (Å²) in [4.78, 5) is 27.9. The molecular weight excluding hydrogens is 520 g/mol. The van der Waals surface area contributed by atoms with Crippen molar-refractivity contribution in [1.82, 2.24) is 10.2 Å². The number of hydrogen-bond donors (Lipinski definition) is 2. The molecule has 1 amide bonds. The van der Waals surface area contributed by atoms with Crippen LogP contribution in [0, 0.1) is 6.92 Å². The number of aryl methyl sites for hydroxylation is 1. The standard InChI is InChI=1S/C33H40N2O4S/c1-23-9-7-8-12-28(23)30-20-25(13-16-29(30)32(36)34-31(33(37)38)17-18-40-3)21-35-26(14-15-27(35)22-39-2)19-24-10-5-4-6-11-24/h4-13,16,20,26-27,31H,14-15,17-19,21-22H2,1-3H3,(H,34,36)(H,37,38)/t26-,27+,31+/m1/s1. The molecule has 1 saturated heterocycles. The SMILES string of the molecule is COC[C@@H]1CC[C@H](Cc2ccccc2)N1Cc1ccc(C(=O)N[C@@H](CCSC)C(=O)O)c(-c2ccccc2C)c1. The van der Waals surface area contributed by atoms with Crippen LogP contribution in [0.25, 0.3) is 11.1 Å².